The standard InChI is InChI=1S/C24H25ClN2O2/c1-16-3-5-17(6-4-16)23(28)27-18-14-24(15-18)11-9-19(10-12-24)29-20-7-8-22(26-2)21(25)13-20/h3-8,13,18-19H,9-12,14-15H2,1H3,(H,27,28). The van der Waals surface area contributed by atoms with Crippen LogP contribution in [0.25, 0.3) is 4.85 Å². The summed E-state index contributed by atoms with van der Waals surface area (Å²) >= 11 is 6.11. The van der Waals surface area contributed by atoms with Crippen molar-refractivity contribution in [2.75, 3.05) is 0 Å². The molecular weight excluding hydrogens is 384 g/mol. The average molecular weight is 409 g/mol. The second kappa shape index (κ2) is 8.08. The first-order chi connectivity index (χ1) is 14.0. The van der Waals surface area contributed by atoms with Gasteiger partial charge in [-0.15, -0.1) is 0 Å². The Kier molecular flexibility index (Phi) is 5.52. The van der Waals surface area contributed by atoms with Gasteiger partial charge in [0.25, 0.3) is 5.91 Å². The largest absolute Gasteiger partial charge is 0.490 e. The number of hydrogen-bond donors (Lipinski definition) is 1. The number of carbonyl (C=O) groups is 1. The molecule has 2 saturated carbocycles. The summed E-state index contributed by atoms with van der Waals surface area (Å²) in [6.45, 7) is 9.09. The average Bonchev–Trinajstić information content (AvgIpc) is 2.69. The summed E-state index contributed by atoms with van der Waals surface area (Å²) in [5, 5.41) is 3.62. The summed E-state index contributed by atoms with van der Waals surface area (Å²) in [6, 6.07) is 13.3. The normalized spacial score (nSPS) is 25.7. The van der Waals surface area contributed by atoms with E-state index < -0.39 is 0 Å². The Balaban J connectivity index is 1.24. The maximum absolute atomic E-state index is 12.4. The van der Waals surface area contributed by atoms with Crippen molar-refractivity contribution in [2.24, 2.45) is 5.41 Å². The summed E-state index contributed by atoms with van der Waals surface area (Å²) < 4.78 is 6.10. The van der Waals surface area contributed by atoms with Gasteiger partial charge >= 0.3 is 0 Å². The summed E-state index contributed by atoms with van der Waals surface area (Å²) in [7, 11) is 0. The van der Waals surface area contributed by atoms with E-state index in [1.807, 2.05) is 37.3 Å². The zero-order valence-corrected chi connectivity index (χ0v) is 17.3. The lowest BCUT2D eigenvalue weighted by molar-refractivity contribution is 0.000353. The number of benzene rings is 2. The van der Waals surface area contributed by atoms with E-state index in [9.17, 15) is 4.79 Å². The highest BCUT2D eigenvalue weighted by molar-refractivity contribution is 6.33. The number of nitrogens with one attached hydrogen (secondary N) is 1. The van der Waals surface area contributed by atoms with Gasteiger partial charge in [-0.25, -0.2) is 4.85 Å². The van der Waals surface area contributed by atoms with Gasteiger partial charge in [0.2, 0.25) is 5.69 Å². The van der Waals surface area contributed by atoms with Gasteiger partial charge in [0, 0.05) is 11.6 Å². The topological polar surface area (TPSA) is 42.7 Å². The van der Waals surface area contributed by atoms with E-state index in [2.05, 4.69) is 10.2 Å². The second-order valence-electron chi connectivity index (χ2n) is 8.49. The quantitative estimate of drug-likeness (QED) is 0.621. The minimum Gasteiger partial charge on any atom is -0.490 e. The summed E-state index contributed by atoms with van der Waals surface area (Å²) in [5.41, 5.74) is 2.70. The molecular formula is C24H25ClN2O2. The molecule has 0 atom stereocenters. The molecule has 4 rings (SSSR count). The van der Waals surface area contributed by atoms with E-state index in [0.717, 1.165) is 55.4 Å². The van der Waals surface area contributed by atoms with E-state index >= 15 is 0 Å². The molecule has 4 nitrogen and oxygen atoms in total. The Morgan fingerprint density at radius 1 is 1.17 bits per heavy atom. The van der Waals surface area contributed by atoms with Gasteiger partial charge in [-0.05, 0) is 75.1 Å². The molecule has 2 aromatic carbocycles. The molecule has 0 aromatic heterocycles. The first-order valence-corrected chi connectivity index (χ1v) is 10.6. The van der Waals surface area contributed by atoms with Crippen molar-refractivity contribution in [3.63, 3.8) is 0 Å². The van der Waals surface area contributed by atoms with Gasteiger partial charge in [0.15, 0.2) is 0 Å². The minimum atomic E-state index is 0.0293. The zero-order valence-electron chi connectivity index (χ0n) is 16.6. The van der Waals surface area contributed by atoms with E-state index in [1.54, 1.807) is 12.1 Å². The van der Waals surface area contributed by atoms with Crippen molar-refractivity contribution >= 4 is 23.2 Å². The molecule has 0 radical (unpaired) electrons. The summed E-state index contributed by atoms with van der Waals surface area (Å²) in [6.07, 6.45) is 6.59. The van der Waals surface area contributed by atoms with Crippen LogP contribution in [0.4, 0.5) is 5.69 Å². The van der Waals surface area contributed by atoms with Crippen molar-refractivity contribution in [3.8, 4) is 5.75 Å². The Morgan fingerprint density at radius 2 is 1.86 bits per heavy atom. The molecule has 29 heavy (non-hydrogen) atoms. The number of carbonyl (C=O) groups excluding carboxylic acids is 1. The summed E-state index contributed by atoms with van der Waals surface area (Å²) in [5.74, 6) is 0.766. The lowest BCUT2D eigenvalue weighted by atomic mass is 9.58. The van der Waals surface area contributed by atoms with Crippen LogP contribution in [0.1, 0.15) is 54.4 Å². The van der Waals surface area contributed by atoms with Crippen LogP contribution in [0.2, 0.25) is 5.02 Å². The minimum absolute atomic E-state index is 0.0293. The van der Waals surface area contributed by atoms with Crippen LogP contribution in [0.15, 0.2) is 42.5 Å². The van der Waals surface area contributed by atoms with Crippen molar-refractivity contribution in [1.82, 2.24) is 5.32 Å². The first kappa shape index (κ1) is 19.8. The fourth-order valence-corrected chi connectivity index (χ4v) is 4.85. The van der Waals surface area contributed by atoms with E-state index in [4.69, 9.17) is 22.9 Å². The lowest BCUT2D eigenvalue weighted by Crippen LogP contribution is -2.52. The third-order valence-electron chi connectivity index (χ3n) is 6.34. The van der Waals surface area contributed by atoms with Crippen LogP contribution in [0, 0.1) is 18.9 Å². The van der Waals surface area contributed by atoms with Gasteiger partial charge < -0.3 is 10.1 Å². The molecule has 2 aromatic rings. The molecule has 150 valence electrons. The smallest absolute Gasteiger partial charge is 0.251 e. The van der Waals surface area contributed by atoms with Crippen LogP contribution in [0.5, 0.6) is 5.75 Å². The highest BCUT2D eigenvalue weighted by atomic mass is 35.5. The fourth-order valence-electron chi connectivity index (χ4n) is 4.64. The number of amides is 1. The Morgan fingerprint density at radius 3 is 2.48 bits per heavy atom. The van der Waals surface area contributed by atoms with Gasteiger partial charge in [0.1, 0.15) is 5.75 Å². The van der Waals surface area contributed by atoms with E-state index in [0.29, 0.717) is 16.1 Å². The maximum atomic E-state index is 12.4. The third-order valence-corrected chi connectivity index (χ3v) is 6.65. The van der Waals surface area contributed by atoms with Gasteiger partial charge in [-0.3, -0.25) is 4.79 Å². The molecule has 2 aliphatic carbocycles. The first-order valence-electron chi connectivity index (χ1n) is 10.2. The van der Waals surface area contributed by atoms with Crippen LogP contribution >= 0.6 is 11.6 Å². The predicted octanol–water partition coefficient (Wildman–Crippen LogP) is 6.10. The van der Waals surface area contributed by atoms with Crippen molar-refractivity contribution < 1.29 is 9.53 Å². The fraction of sp³-hybridized carbons (Fsp3) is 0.417. The number of nitrogens with zero attached hydrogens (tertiary/aromatic N) is 1. The summed E-state index contributed by atoms with van der Waals surface area (Å²) in [4.78, 5) is 15.8. The van der Waals surface area contributed by atoms with Crippen LogP contribution < -0.4 is 10.1 Å². The Bertz CT molecular complexity index is 932. The molecule has 5 heteroatoms. The van der Waals surface area contributed by atoms with Crippen molar-refractivity contribution in [2.45, 2.75) is 57.6 Å². The number of aryl methyl sites for hydroxylation is 1. The molecule has 0 aliphatic heterocycles. The number of ether oxygens (including phenoxy) is 1. The van der Waals surface area contributed by atoms with Crippen molar-refractivity contribution in [1.29, 1.82) is 0 Å². The number of hydrogen-bond acceptors (Lipinski definition) is 2. The van der Waals surface area contributed by atoms with Gasteiger partial charge in [-0.2, -0.15) is 0 Å². The molecule has 0 saturated heterocycles. The SMILES string of the molecule is [C-]#[N+]c1ccc(OC2CCC3(CC2)CC(NC(=O)c2ccc(C)cc2)C3)cc1Cl. The Labute approximate surface area is 177 Å². The van der Waals surface area contributed by atoms with Gasteiger partial charge in [0.05, 0.1) is 17.7 Å². The molecule has 0 bridgehead atoms. The number of halogens is 1. The second-order valence-corrected chi connectivity index (χ2v) is 8.89. The Hall–Kier alpha value is -2.51. The number of rotatable bonds is 4. The maximum Gasteiger partial charge on any atom is 0.251 e. The van der Waals surface area contributed by atoms with Crippen LogP contribution in [-0.2, 0) is 0 Å². The molecule has 1 amide bonds. The van der Waals surface area contributed by atoms with E-state index in [1.165, 1.54) is 0 Å². The van der Waals surface area contributed by atoms with Crippen LogP contribution in [0.3, 0.4) is 0 Å². The highest BCUT2D eigenvalue weighted by Gasteiger charge is 2.46. The highest BCUT2D eigenvalue weighted by Crippen LogP contribution is 2.52. The monoisotopic (exact) mass is 408 g/mol. The van der Waals surface area contributed by atoms with E-state index in [-0.39, 0.29) is 18.1 Å². The molecule has 1 N–H and O–H groups in total. The molecule has 2 fully saturated rings. The molecule has 2 aliphatic rings. The predicted molar refractivity (Wildman–Crippen MR) is 115 cm³/mol. The van der Waals surface area contributed by atoms with Gasteiger partial charge in [-0.1, -0.05) is 35.4 Å². The molecule has 0 heterocycles. The van der Waals surface area contributed by atoms with Crippen molar-refractivity contribution in [3.05, 3.63) is 70.0 Å². The third kappa shape index (κ3) is 4.41. The lowest BCUT2D eigenvalue weighted by Gasteiger charge is -2.51. The molecule has 1 spiro atoms. The zero-order chi connectivity index (χ0) is 20.4. The molecule has 0 unspecified atom stereocenters. The van der Waals surface area contributed by atoms with Crippen LogP contribution in [-0.4, -0.2) is 18.1 Å².